The molecule has 0 aliphatic rings. The summed E-state index contributed by atoms with van der Waals surface area (Å²) in [4.78, 5) is 2.07. The van der Waals surface area contributed by atoms with Crippen LogP contribution in [0.3, 0.4) is 0 Å². The number of hydrogen-bond acceptors (Lipinski definition) is 4. The van der Waals surface area contributed by atoms with E-state index in [-0.39, 0.29) is 6.04 Å². The zero-order valence-electron chi connectivity index (χ0n) is 12.8. The van der Waals surface area contributed by atoms with Crippen molar-refractivity contribution in [2.45, 2.75) is 19.0 Å². The Morgan fingerprint density at radius 2 is 1.95 bits per heavy atom. The second kappa shape index (κ2) is 9.04. The first-order valence-electron chi connectivity index (χ1n) is 6.92. The molecule has 0 amide bonds. The van der Waals surface area contributed by atoms with Gasteiger partial charge in [-0.25, -0.2) is 8.78 Å². The second-order valence-corrected chi connectivity index (χ2v) is 5.06. The first-order chi connectivity index (χ1) is 9.99. The van der Waals surface area contributed by atoms with Crippen LogP contribution in [0.4, 0.5) is 8.78 Å². The minimum absolute atomic E-state index is 0.125. The summed E-state index contributed by atoms with van der Waals surface area (Å²) < 4.78 is 36.9. The fourth-order valence-corrected chi connectivity index (χ4v) is 2.20. The monoisotopic (exact) mass is 302 g/mol. The molecule has 2 unspecified atom stereocenters. The van der Waals surface area contributed by atoms with Crippen LogP contribution in [0, 0.1) is 11.6 Å². The fourth-order valence-electron chi connectivity index (χ4n) is 2.20. The van der Waals surface area contributed by atoms with Crippen molar-refractivity contribution >= 4 is 0 Å². The van der Waals surface area contributed by atoms with Gasteiger partial charge in [-0.15, -0.1) is 0 Å². The number of nitrogens with two attached hydrogens (primary N) is 1. The van der Waals surface area contributed by atoms with Crippen molar-refractivity contribution < 1.29 is 18.3 Å². The molecule has 0 aliphatic heterocycles. The molecule has 4 nitrogen and oxygen atoms in total. The normalized spacial score (nSPS) is 14.4. The van der Waals surface area contributed by atoms with Crippen LogP contribution in [-0.4, -0.2) is 51.5 Å². The third kappa shape index (κ3) is 5.67. The molecule has 0 radical (unpaired) electrons. The third-order valence-corrected chi connectivity index (χ3v) is 3.41. The molecule has 0 saturated carbocycles. The van der Waals surface area contributed by atoms with Crippen molar-refractivity contribution in [3.63, 3.8) is 0 Å². The van der Waals surface area contributed by atoms with E-state index in [0.29, 0.717) is 31.9 Å². The lowest BCUT2D eigenvalue weighted by Gasteiger charge is -2.31. The van der Waals surface area contributed by atoms with Crippen LogP contribution < -0.4 is 5.73 Å². The quantitative estimate of drug-likeness (QED) is 0.757. The van der Waals surface area contributed by atoms with Crippen LogP contribution in [-0.2, 0) is 9.47 Å². The van der Waals surface area contributed by atoms with Crippen molar-refractivity contribution in [2.75, 3.05) is 40.5 Å². The zero-order chi connectivity index (χ0) is 15.8. The Morgan fingerprint density at radius 1 is 1.24 bits per heavy atom. The minimum Gasteiger partial charge on any atom is -0.383 e. The highest BCUT2D eigenvalue weighted by atomic mass is 19.1. The number of ether oxygens (including phenoxy) is 2. The Bertz CT molecular complexity index is 432. The molecule has 0 spiro atoms. The van der Waals surface area contributed by atoms with E-state index in [1.54, 1.807) is 14.2 Å². The summed E-state index contributed by atoms with van der Waals surface area (Å²) in [5, 5.41) is 0. The highest BCUT2D eigenvalue weighted by Gasteiger charge is 2.20. The topological polar surface area (TPSA) is 47.7 Å². The first-order valence-corrected chi connectivity index (χ1v) is 6.92. The van der Waals surface area contributed by atoms with E-state index in [9.17, 15) is 8.78 Å². The lowest BCUT2D eigenvalue weighted by molar-refractivity contribution is 0.0711. The average Bonchev–Trinajstić information content (AvgIpc) is 2.43. The molecule has 6 heteroatoms. The van der Waals surface area contributed by atoms with Crippen molar-refractivity contribution in [1.29, 1.82) is 0 Å². The Hall–Kier alpha value is -1.08. The number of benzene rings is 1. The lowest BCUT2D eigenvalue weighted by atomic mass is 10.1. The molecular formula is C15H24F2N2O2. The van der Waals surface area contributed by atoms with Crippen LogP contribution in [0.2, 0.25) is 0 Å². The Kier molecular flexibility index (Phi) is 7.74. The van der Waals surface area contributed by atoms with Gasteiger partial charge in [-0.05, 0) is 13.0 Å². The summed E-state index contributed by atoms with van der Waals surface area (Å²) in [6.07, 6.45) is 0. The molecule has 1 rings (SSSR count). The van der Waals surface area contributed by atoms with E-state index in [0.717, 1.165) is 6.07 Å². The van der Waals surface area contributed by atoms with Crippen molar-refractivity contribution in [3.8, 4) is 0 Å². The van der Waals surface area contributed by atoms with Gasteiger partial charge in [0.1, 0.15) is 11.6 Å². The van der Waals surface area contributed by atoms with Gasteiger partial charge in [-0.1, -0.05) is 6.07 Å². The minimum atomic E-state index is -0.617. The van der Waals surface area contributed by atoms with Crippen LogP contribution in [0.5, 0.6) is 0 Å². The summed E-state index contributed by atoms with van der Waals surface area (Å²) in [5.41, 5.74) is 6.38. The number of rotatable bonds is 9. The summed E-state index contributed by atoms with van der Waals surface area (Å²) in [5.74, 6) is -1.22. The molecule has 0 bridgehead atoms. The maximum absolute atomic E-state index is 13.8. The van der Waals surface area contributed by atoms with E-state index < -0.39 is 17.7 Å². The highest BCUT2D eigenvalue weighted by molar-refractivity contribution is 5.22. The van der Waals surface area contributed by atoms with Crippen LogP contribution in [0.15, 0.2) is 18.2 Å². The standard InChI is InChI=1S/C15H24F2N2O2/c1-11(10-21-3)19(6-7-20-2)9-15(18)13-5-4-12(16)8-14(13)17/h4-5,8,11,15H,6-7,9-10,18H2,1-3H3. The van der Waals surface area contributed by atoms with Crippen LogP contribution in [0.1, 0.15) is 18.5 Å². The molecule has 0 aromatic heterocycles. The van der Waals surface area contributed by atoms with Gasteiger partial charge in [-0.3, -0.25) is 4.90 Å². The summed E-state index contributed by atoms with van der Waals surface area (Å²) in [6, 6.07) is 3.05. The molecule has 2 N–H and O–H groups in total. The Morgan fingerprint density at radius 3 is 2.52 bits per heavy atom. The number of halogens is 2. The number of methoxy groups -OCH3 is 2. The fraction of sp³-hybridized carbons (Fsp3) is 0.600. The molecule has 0 saturated heterocycles. The molecular weight excluding hydrogens is 278 g/mol. The maximum atomic E-state index is 13.8. The Balaban J connectivity index is 2.76. The average molecular weight is 302 g/mol. The molecule has 120 valence electrons. The summed E-state index contributed by atoms with van der Waals surface area (Å²) in [6.45, 7) is 4.20. The zero-order valence-corrected chi connectivity index (χ0v) is 12.8. The molecule has 0 aliphatic carbocycles. The van der Waals surface area contributed by atoms with Crippen molar-refractivity contribution in [2.24, 2.45) is 5.73 Å². The highest BCUT2D eigenvalue weighted by Crippen LogP contribution is 2.18. The number of nitrogens with zero attached hydrogens (tertiary/aromatic N) is 1. The predicted molar refractivity (Wildman–Crippen MR) is 78.1 cm³/mol. The van der Waals surface area contributed by atoms with Gasteiger partial charge >= 0.3 is 0 Å². The molecule has 1 aromatic rings. The maximum Gasteiger partial charge on any atom is 0.130 e. The Labute approximate surface area is 124 Å². The smallest absolute Gasteiger partial charge is 0.130 e. The SMILES string of the molecule is COCCN(CC(N)c1ccc(F)cc1F)C(C)COC. The van der Waals surface area contributed by atoms with Gasteiger partial charge in [0.05, 0.1) is 13.2 Å². The van der Waals surface area contributed by atoms with Gasteiger partial charge in [0.2, 0.25) is 0 Å². The van der Waals surface area contributed by atoms with E-state index in [1.165, 1.54) is 12.1 Å². The van der Waals surface area contributed by atoms with E-state index >= 15 is 0 Å². The van der Waals surface area contributed by atoms with Gasteiger partial charge in [0.15, 0.2) is 0 Å². The third-order valence-electron chi connectivity index (χ3n) is 3.41. The van der Waals surface area contributed by atoms with Gasteiger partial charge in [0, 0.05) is 51.0 Å². The molecule has 1 aromatic carbocycles. The largest absolute Gasteiger partial charge is 0.383 e. The lowest BCUT2D eigenvalue weighted by Crippen LogP contribution is -2.42. The summed E-state index contributed by atoms with van der Waals surface area (Å²) >= 11 is 0. The van der Waals surface area contributed by atoms with E-state index in [4.69, 9.17) is 15.2 Å². The summed E-state index contributed by atoms with van der Waals surface area (Å²) in [7, 11) is 3.25. The second-order valence-electron chi connectivity index (χ2n) is 5.06. The van der Waals surface area contributed by atoms with Gasteiger partial charge in [-0.2, -0.15) is 0 Å². The van der Waals surface area contributed by atoms with Crippen molar-refractivity contribution in [1.82, 2.24) is 4.90 Å². The predicted octanol–water partition coefficient (Wildman–Crippen LogP) is 1.95. The van der Waals surface area contributed by atoms with E-state index in [2.05, 4.69) is 4.90 Å². The van der Waals surface area contributed by atoms with E-state index in [1.807, 2.05) is 6.92 Å². The number of hydrogen-bond donors (Lipinski definition) is 1. The van der Waals surface area contributed by atoms with Crippen LogP contribution in [0.25, 0.3) is 0 Å². The molecule has 0 heterocycles. The van der Waals surface area contributed by atoms with Gasteiger partial charge < -0.3 is 15.2 Å². The van der Waals surface area contributed by atoms with Gasteiger partial charge in [0.25, 0.3) is 0 Å². The first kappa shape index (κ1) is 18.0. The molecule has 21 heavy (non-hydrogen) atoms. The molecule has 2 atom stereocenters. The van der Waals surface area contributed by atoms with Crippen LogP contribution >= 0.6 is 0 Å². The van der Waals surface area contributed by atoms with Crippen molar-refractivity contribution in [3.05, 3.63) is 35.4 Å². The molecule has 0 fully saturated rings.